The van der Waals surface area contributed by atoms with Crippen molar-refractivity contribution in [2.45, 2.75) is 32.2 Å². The minimum absolute atomic E-state index is 0.511. The molecule has 1 saturated carbocycles. The second kappa shape index (κ2) is 5.94. The molecule has 1 N–H and O–H groups in total. The predicted molar refractivity (Wildman–Crippen MR) is 98.4 cm³/mol. The number of para-hydroxylation sites is 1. The molecule has 0 bridgehead atoms. The lowest BCUT2D eigenvalue weighted by atomic mass is 10.2. The van der Waals surface area contributed by atoms with Crippen LogP contribution in [0.5, 0.6) is 0 Å². The fraction of sp³-hybridized carbons (Fsp3) is 0.263. The van der Waals surface area contributed by atoms with Crippen LogP contribution in [0.25, 0.3) is 11.3 Å². The van der Waals surface area contributed by atoms with Gasteiger partial charge in [-0.05, 0) is 49.6 Å². The fourth-order valence-electron chi connectivity index (χ4n) is 3.11. The van der Waals surface area contributed by atoms with Crippen molar-refractivity contribution in [1.82, 2.24) is 29.6 Å². The summed E-state index contributed by atoms with van der Waals surface area (Å²) >= 11 is 0. The lowest BCUT2D eigenvalue weighted by Crippen LogP contribution is -2.08. The van der Waals surface area contributed by atoms with Crippen molar-refractivity contribution in [3.05, 3.63) is 65.7 Å². The lowest BCUT2D eigenvalue weighted by molar-refractivity contribution is 0.812. The second-order valence-electron chi connectivity index (χ2n) is 6.71. The van der Waals surface area contributed by atoms with Crippen LogP contribution in [0, 0.1) is 6.92 Å². The van der Waals surface area contributed by atoms with E-state index in [-0.39, 0.29) is 0 Å². The van der Waals surface area contributed by atoms with Gasteiger partial charge in [0.1, 0.15) is 5.82 Å². The first-order valence-electron chi connectivity index (χ1n) is 8.85. The summed E-state index contributed by atoms with van der Waals surface area (Å²) in [5.74, 6) is 2.29. The molecule has 0 spiro atoms. The van der Waals surface area contributed by atoms with Crippen molar-refractivity contribution in [1.29, 1.82) is 0 Å². The van der Waals surface area contributed by atoms with Crippen LogP contribution in [0.4, 0.5) is 5.82 Å². The topological polar surface area (TPSA) is 72.9 Å². The Balaban J connectivity index is 1.41. The average Bonchev–Trinajstić information content (AvgIpc) is 3.28. The van der Waals surface area contributed by atoms with Gasteiger partial charge in [-0.3, -0.25) is 0 Å². The normalized spacial score (nSPS) is 14.0. The Hall–Kier alpha value is -3.22. The fourth-order valence-corrected chi connectivity index (χ4v) is 3.11. The first-order chi connectivity index (χ1) is 12.8. The van der Waals surface area contributed by atoms with Gasteiger partial charge in [0.05, 0.1) is 11.4 Å². The van der Waals surface area contributed by atoms with E-state index in [2.05, 4.69) is 37.8 Å². The van der Waals surface area contributed by atoms with E-state index in [1.165, 1.54) is 12.8 Å². The van der Waals surface area contributed by atoms with Gasteiger partial charge in [-0.2, -0.15) is 9.61 Å². The number of hydrogen-bond acceptors (Lipinski definition) is 5. The second-order valence-corrected chi connectivity index (χ2v) is 6.71. The van der Waals surface area contributed by atoms with Crippen molar-refractivity contribution >= 4 is 11.5 Å². The van der Waals surface area contributed by atoms with Crippen LogP contribution in [0.3, 0.4) is 0 Å². The van der Waals surface area contributed by atoms with E-state index in [1.54, 1.807) is 0 Å². The molecule has 1 aliphatic rings. The Morgan fingerprint density at radius 2 is 1.92 bits per heavy atom. The molecular weight excluding hydrogens is 326 g/mol. The van der Waals surface area contributed by atoms with Crippen molar-refractivity contribution in [2.75, 3.05) is 5.32 Å². The number of fused-ring (bicyclic) bond motifs is 1. The van der Waals surface area contributed by atoms with Gasteiger partial charge in [-0.15, -0.1) is 15.3 Å². The number of hydrogen-bond donors (Lipinski definition) is 1. The minimum Gasteiger partial charge on any atom is -0.364 e. The van der Waals surface area contributed by atoms with Gasteiger partial charge in [-0.25, -0.2) is 4.68 Å². The van der Waals surface area contributed by atoms with Gasteiger partial charge < -0.3 is 5.32 Å². The summed E-state index contributed by atoms with van der Waals surface area (Å²) in [7, 11) is 0. The third-order valence-electron chi connectivity index (χ3n) is 4.65. The van der Waals surface area contributed by atoms with Crippen LogP contribution in [0.15, 0.2) is 48.7 Å². The molecular formula is C19H19N7. The molecule has 4 aromatic rings. The number of nitrogens with one attached hydrogen (secondary N) is 1. The molecule has 0 aliphatic heterocycles. The standard InChI is InChI=1S/C19H19N7/c1-13-10-11-25(23-13)16-5-3-2-4-15(16)12-20-17-8-9-18-21-22-19(14-6-7-14)26(18)24-17/h2-5,8-11,14H,6-7,12H2,1H3,(H,20,24). The summed E-state index contributed by atoms with van der Waals surface area (Å²) in [5, 5.41) is 21.1. The van der Waals surface area contributed by atoms with Crippen molar-refractivity contribution < 1.29 is 0 Å². The highest BCUT2D eigenvalue weighted by Crippen LogP contribution is 2.38. The van der Waals surface area contributed by atoms with E-state index in [9.17, 15) is 0 Å². The number of aromatic nitrogens is 6. The summed E-state index contributed by atoms with van der Waals surface area (Å²) in [6.07, 6.45) is 4.34. The van der Waals surface area contributed by atoms with E-state index in [0.29, 0.717) is 12.5 Å². The zero-order valence-corrected chi connectivity index (χ0v) is 14.5. The summed E-state index contributed by atoms with van der Waals surface area (Å²) in [6, 6.07) is 14.2. The number of nitrogens with zero attached hydrogens (tertiary/aromatic N) is 6. The Morgan fingerprint density at radius 3 is 2.73 bits per heavy atom. The molecule has 130 valence electrons. The number of aryl methyl sites for hydroxylation is 1. The van der Waals surface area contributed by atoms with Gasteiger partial charge in [0.25, 0.3) is 0 Å². The molecule has 0 atom stereocenters. The van der Waals surface area contributed by atoms with Crippen molar-refractivity contribution in [2.24, 2.45) is 0 Å². The molecule has 0 saturated heterocycles. The van der Waals surface area contributed by atoms with Gasteiger partial charge >= 0.3 is 0 Å². The highest BCUT2D eigenvalue weighted by molar-refractivity contribution is 5.47. The van der Waals surface area contributed by atoms with Gasteiger partial charge in [0.2, 0.25) is 0 Å². The molecule has 7 nitrogen and oxygen atoms in total. The predicted octanol–water partition coefficient (Wildman–Crippen LogP) is 3.11. The van der Waals surface area contributed by atoms with Crippen LogP contribution < -0.4 is 5.32 Å². The maximum absolute atomic E-state index is 4.68. The van der Waals surface area contributed by atoms with E-state index < -0.39 is 0 Å². The van der Waals surface area contributed by atoms with Crippen LogP contribution >= 0.6 is 0 Å². The maximum Gasteiger partial charge on any atom is 0.178 e. The molecule has 1 aliphatic carbocycles. The minimum atomic E-state index is 0.511. The third kappa shape index (κ3) is 2.71. The smallest absolute Gasteiger partial charge is 0.178 e. The largest absolute Gasteiger partial charge is 0.364 e. The molecule has 1 fully saturated rings. The highest BCUT2D eigenvalue weighted by Gasteiger charge is 2.29. The molecule has 1 aromatic carbocycles. The molecule has 0 radical (unpaired) electrons. The van der Waals surface area contributed by atoms with Crippen molar-refractivity contribution in [3.63, 3.8) is 0 Å². The number of benzene rings is 1. The van der Waals surface area contributed by atoms with E-state index >= 15 is 0 Å². The molecule has 3 aromatic heterocycles. The number of rotatable bonds is 5. The van der Waals surface area contributed by atoms with Crippen LogP contribution in [-0.2, 0) is 6.54 Å². The molecule has 7 heteroatoms. The quantitative estimate of drug-likeness (QED) is 0.602. The first-order valence-corrected chi connectivity index (χ1v) is 8.85. The number of anilines is 1. The monoisotopic (exact) mass is 345 g/mol. The maximum atomic E-state index is 4.68. The molecule has 3 heterocycles. The van der Waals surface area contributed by atoms with Gasteiger partial charge in [-0.1, -0.05) is 18.2 Å². The Morgan fingerprint density at radius 1 is 1.04 bits per heavy atom. The van der Waals surface area contributed by atoms with Gasteiger partial charge in [0, 0.05) is 18.7 Å². The summed E-state index contributed by atoms with van der Waals surface area (Å²) in [4.78, 5) is 0. The SMILES string of the molecule is Cc1ccn(-c2ccccc2CNc2ccc3nnc(C4CC4)n3n2)n1. The van der Waals surface area contributed by atoms with Crippen LogP contribution in [-0.4, -0.2) is 29.6 Å². The average molecular weight is 345 g/mol. The first kappa shape index (κ1) is 15.1. The van der Waals surface area contributed by atoms with Gasteiger partial charge in [0.15, 0.2) is 11.5 Å². The van der Waals surface area contributed by atoms with E-state index in [1.807, 2.05) is 52.6 Å². The zero-order chi connectivity index (χ0) is 17.5. The summed E-state index contributed by atoms with van der Waals surface area (Å²) in [6.45, 7) is 2.65. The Bertz CT molecular complexity index is 1070. The molecule has 0 amide bonds. The highest BCUT2D eigenvalue weighted by atomic mass is 15.4. The Kier molecular flexibility index (Phi) is 3.44. The summed E-state index contributed by atoms with van der Waals surface area (Å²) < 4.78 is 3.77. The van der Waals surface area contributed by atoms with Crippen molar-refractivity contribution in [3.8, 4) is 5.69 Å². The molecule has 0 unspecified atom stereocenters. The molecule has 5 rings (SSSR count). The molecule has 26 heavy (non-hydrogen) atoms. The van der Waals surface area contributed by atoms with E-state index in [4.69, 9.17) is 0 Å². The summed E-state index contributed by atoms with van der Waals surface area (Å²) in [5.41, 5.74) is 4.02. The van der Waals surface area contributed by atoms with E-state index in [0.717, 1.165) is 34.2 Å². The van der Waals surface area contributed by atoms with Crippen LogP contribution in [0.1, 0.15) is 35.8 Å². The van der Waals surface area contributed by atoms with Crippen LogP contribution in [0.2, 0.25) is 0 Å². The third-order valence-corrected chi connectivity index (χ3v) is 4.65. The lowest BCUT2D eigenvalue weighted by Gasteiger charge is -2.11. The zero-order valence-electron chi connectivity index (χ0n) is 14.5. The Labute approximate surface area is 150 Å².